The molecule has 0 radical (unpaired) electrons. The molecule has 1 aliphatic rings. The van der Waals surface area contributed by atoms with Crippen LogP contribution in [0.3, 0.4) is 0 Å². The predicted octanol–water partition coefficient (Wildman–Crippen LogP) is 3.79. The molecule has 0 amide bonds. The molecule has 2 unspecified atom stereocenters. The van der Waals surface area contributed by atoms with Crippen molar-refractivity contribution in [3.8, 4) is 0 Å². The molecule has 1 N–H and O–H groups in total. The molecule has 112 valence electrons. The predicted molar refractivity (Wildman–Crippen MR) is 75.3 cm³/mol. The first-order valence-electron chi connectivity index (χ1n) is 6.62. The number of alkyl halides is 3. The van der Waals surface area contributed by atoms with Gasteiger partial charge in [-0.3, -0.25) is 0 Å². The summed E-state index contributed by atoms with van der Waals surface area (Å²) >= 11 is 6.07. The van der Waals surface area contributed by atoms with E-state index in [9.17, 15) is 13.2 Å². The number of hydrogen-bond acceptors (Lipinski definition) is 2. The van der Waals surface area contributed by atoms with Gasteiger partial charge in [-0.25, -0.2) is 0 Å². The minimum absolute atomic E-state index is 0.361. The van der Waals surface area contributed by atoms with Gasteiger partial charge in [0.1, 0.15) is 0 Å². The highest BCUT2D eigenvalue weighted by atomic mass is 35.5. The number of benzene rings is 1. The number of hydrogen-bond donors (Lipinski definition) is 1. The Morgan fingerprint density at radius 2 is 2.05 bits per heavy atom. The summed E-state index contributed by atoms with van der Waals surface area (Å²) in [5.41, 5.74) is -0.178. The van der Waals surface area contributed by atoms with Gasteiger partial charge in [-0.15, -0.1) is 0 Å². The number of nitrogens with one attached hydrogen (secondary N) is 1. The first-order valence-corrected chi connectivity index (χ1v) is 6.99. The van der Waals surface area contributed by atoms with Gasteiger partial charge in [0.25, 0.3) is 0 Å². The lowest BCUT2D eigenvalue weighted by molar-refractivity contribution is -0.137. The van der Waals surface area contributed by atoms with Gasteiger partial charge in [0.05, 0.1) is 16.3 Å². The zero-order valence-corrected chi connectivity index (χ0v) is 12.2. The van der Waals surface area contributed by atoms with E-state index in [2.05, 4.69) is 12.2 Å². The van der Waals surface area contributed by atoms with Crippen molar-refractivity contribution < 1.29 is 13.2 Å². The van der Waals surface area contributed by atoms with Crippen molar-refractivity contribution in [1.29, 1.82) is 0 Å². The Labute approximate surface area is 121 Å². The van der Waals surface area contributed by atoms with Gasteiger partial charge < -0.3 is 10.2 Å². The van der Waals surface area contributed by atoms with E-state index in [4.69, 9.17) is 11.6 Å². The Morgan fingerprint density at radius 1 is 1.35 bits per heavy atom. The fraction of sp³-hybridized carbons (Fsp3) is 0.571. The first-order chi connectivity index (χ1) is 9.32. The fourth-order valence-electron chi connectivity index (χ4n) is 2.72. The third kappa shape index (κ3) is 3.20. The average Bonchev–Trinajstić information content (AvgIpc) is 2.37. The van der Waals surface area contributed by atoms with E-state index in [1.807, 2.05) is 11.9 Å². The molecule has 6 heteroatoms. The van der Waals surface area contributed by atoms with Crippen molar-refractivity contribution >= 4 is 17.3 Å². The summed E-state index contributed by atoms with van der Waals surface area (Å²) in [5.74, 6) is 0.361. The lowest BCUT2D eigenvalue weighted by Gasteiger charge is -2.38. The minimum Gasteiger partial charge on any atom is -0.370 e. The summed E-state index contributed by atoms with van der Waals surface area (Å²) in [6, 6.07) is 3.90. The lowest BCUT2D eigenvalue weighted by Crippen LogP contribution is -2.47. The second-order valence-corrected chi connectivity index (χ2v) is 5.68. The van der Waals surface area contributed by atoms with Crippen LogP contribution in [-0.2, 0) is 6.18 Å². The fourth-order valence-corrected chi connectivity index (χ4v) is 2.96. The van der Waals surface area contributed by atoms with Crippen LogP contribution in [0.15, 0.2) is 18.2 Å². The molecule has 2 nitrogen and oxygen atoms in total. The maximum Gasteiger partial charge on any atom is 0.416 e. The van der Waals surface area contributed by atoms with Crippen LogP contribution in [0, 0.1) is 5.92 Å². The van der Waals surface area contributed by atoms with Crippen molar-refractivity contribution in [2.24, 2.45) is 5.92 Å². The number of nitrogens with zero attached hydrogens (tertiary/aromatic N) is 1. The minimum atomic E-state index is -4.34. The molecule has 1 aromatic rings. The van der Waals surface area contributed by atoms with Crippen molar-refractivity contribution in [3.05, 3.63) is 28.8 Å². The van der Waals surface area contributed by atoms with Gasteiger partial charge in [0.15, 0.2) is 0 Å². The number of halogens is 4. The van der Waals surface area contributed by atoms with E-state index >= 15 is 0 Å². The van der Waals surface area contributed by atoms with E-state index in [1.165, 1.54) is 6.07 Å². The zero-order chi connectivity index (χ0) is 14.9. The SMILES string of the molecule is CNC1CCN(c2cc(C(F)(F)F)ccc2Cl)CC1C. The molecule has 0 saturated carbocycles. The van der Waals surface area contributed by atoms with Crippen molar-refractivity contribution in [1.82, 2.24) is 5.32 Å². The number of rotatable bonds is 2. The quantitative estimate of drug-likeness (QED) is 0.894. The largest absolute Gasteiger partial charge is 0.416 e. The number of anilines is 1. The van der Waals surface area contributed by atoms with Crippen molar-refractivity contribution in [2.45, 2.75) is 25.6 Å². The summed E-state index contributed by atoms with van der Waals surface area (Å²) in [6.45, 7) is 3.50. The monoisotopic (exact) mass is 306 g/mol. The standard InChI is InChI=1S/C14H18ClF3N2/c1-9-8-20(6-5-12(9)19-2)13-7-10(14(16,17)18)3-4-11(13)15/h3-4,7,9,12,19H,5-6,8H2,1-2H3. The molecule has 2 rings (SSSR count). The van der Waals surface area contributed by atoms with Crippen molar-refractivity contribution in [2.75, 3.05) is 25.0 Å². The summed E-state index contributed by atoms with van der Waals surface area (Å²) in [5, 5.41) is 3.60. The normalized spacial score (nSPS) is 24.0. The summed E-state index contributed by atoms with van der Waals surface area (Å²) in [4.78, 5) is 1.94. The van der Waals surface area contributed by atoms with Gasteiger partial charge in [-0.2, -0.15) is 13.2 Å². The summed E-state index contributed by atoms with van der Waals surface area (Å²) < 4.78 is 38.4. The Morgan fingerprint density at radius 3 is 2.60 bits per heavy atom. The topological polar surface area (TPSA) is 15.3 Å². The Hall–Kier alpha value is -0.940. The summed E-state index contributed by atoms with van der Waals surface area (Å²) in [7, 11) is 1.91. The van der Waals surface area contributed by atoms with Gasteiger partial charge in [0, 0.05) is 19.1 Å². The molecule has 0 aromatic heterocycles. The molecule has 0 bridgehead atoms. The second-order valence-electron chi connectivity index (χ2n) is 5.27. The van der Waals surface area contributed by atoms with Gasteiger partial charge in [0.2, 0.25) is 0 Å². The van der Waals surface area contributed by atoms with Crippen LogP contribution in [0.25, 0.3) is 0 Å². The highest BCUT2D eigenvalue weighted by molar-refractivity contribution is 6.33. The van der Waals surface area contributed by atoms with Crippen LogP contribution < -0.4 is 10.2 Å². The van der Waals surface area contributed by atoms with E-state index in [0.717, 1.165) is 18.6 Å². The van der Waals surface area contributed by atoms with Crippen LogP contribution in [0.1, 0.15) is 18.9 Å². The van der Waals surface area contributed by atoms with E-state index in [1.54, 1.807) is 0 Å². The molecule has 0 spiro atoms. The van der Waals surface area contributed by atoms with Gasteiger partial charge in [-0.1, -0.05) is 18.5 Å². The van der Waals surface area contributed by atoms with E-state index in [0.29, 0.717) is 35.8 Å². The Balaban J connectivity index is 2.25. The highest BCUT2D eigenvalue weighted by Crippen LogP contribution is 2.36. The summed E-state index contributed by atoms with van der Waals surface area (Å²) in [6.07, 6.45) is -3.45. The molecule has 0 aliphatic carbocycles. The Bertz CT molecular complexity index is 476. The molecule has 2 atom stereocenters. The van der Waals surface area contributed by atoms with E-state index in [-0.39, 0.29) is 0 Å². The van der Waals surface area contributed by atoms with Crippen LogP contribution in [0.5, 0.6) is 0 Å². The van der Waals surface area contributed by atoms with Crippen LogP contribution in [0.4, 0.5) is 18.9 Å². The van der Waals surface area contributed by atoms with Crippen molar-refractivity contribution in [3.63, 3.8) is 0 Å². The zero-order valence-electron chi connectivity index (χ0n) is 11.5. The molecular formula is C14H18ClF3N2. The maximum atomic E-state index is 12.8. The molecule has 1 heterocycles. The highest BCUT2D eigenvalue weighted by Gasteiger charge is 2.32. The number of piperidine rings is 1. The lowest BCUT2D eigenvalue weighted by atomic mass is 9.93. The molecule has 20 heavy (non-hydrogen) atoms. The smallest absolute Gasteiger partial charge is 0.370 e. The molecule has 1 saturated heterocycles. The van der Waals surface area contributed by atoms with Gasteiger partial charge in [-0.05, 0) is 37.6 Å². The van der Waals surface area contributed by atoms with Crippen LogP contribution >= 0.6 is 11.6 Å². The molecule has 1 aliphatic heterocycles. The van der Waals surface area contributed by atoms with Crippen LogP contribution in [0.2, 0.25) is 5.02 Å². The Kier molecular flexibility index (Phi) is 4.49. The maximum absolute atomic E-state index is 12.8. The molecule has 1 aromatic carbocycles. The van der Waals surface area contributed by atoms with E-state index < -0.39 is 11.7 Å². The van der Waals surface area contributed by atoms with Gasteiger partial charge >= 0.3 is 6.18 Å². The van der Waals surface area contributed by atoms with Crippen LogP contribution in [-0.4, -0.2) is 26.2 Å². The molecular weight excluding hydrogens is 289 g/mol. The first kappa shape index (κ1) is 15.4. The molecule has 1 fully saturated rings. The third-order valence-electron chi connectivity index (χ3n) is 3.89. The second kappa shape index (κ2) is 5.82. The third-order valence-corrected chi connectivity index (χ3v) is 4.21. The average molecular weight is 307 g/mol.